The smallest absolute Gasteiger partial charge is 0.265 e. The van der Waals surface area contributed by atoms with E-state index in [0.717, 1.165) is 5.57 Å². The van der Waals surface area contributed by atoms with Crippen LogP contribution in [0.3, 0.4) is 0 Å². The molecule has 1 aromatic rings. The molecule has 1 saturated heterocycles. The van der Waals surface area contributed by atoms with Crippen LogP contribution in [0.1, 0.15) is 19.4 Å². The second kappa shape index (κ2) is 7.22. The Morgan fingerprint density at radius 3 is 2.30 bits per heavy atom. The Labute approximate surface area is 181 Å². The average molecular weight is 418 g/mol. The van der Waals surface area contributed by atoms with Gasteiger partial charge in [-0.1, -0.05) is 50.3 Å². The molecule has 2 amide bonds. The van der Waals surface area contributed by atoms with Gasteiger partial charge in [-0.25, -0.2) is 0 Å². The minimum absolute atomic E-state index is 0.0827. The fraction of sp³-hybridized carbons (Fsp3) is 0.208. The van der Waals surface area contributed by atoms with Crippen LogP contribution >= 0.6 is 12.2 Å². The van der Waals surface area contributed by atoms with Crippen LogP contribution in [0.25, 0.3) is 0 Å². The van der Waals surface area contributed by atoms with Gasteiger partial charge in [0.15, 0.2) is 5.11 Å². The highest BCUT2D eigenvalue weighted by atomic mass is 32.1. The standard InChI is InChI=1S/C24H23N3O2S/c1-24(2)18-11-7-8-12-19(18)27-14-13-16(15-20(24)27)9-5-6-10-17-21(28)25(3)23(30)26(4)22(17)29/h5-15H,1-4H3/b6-5+,16-9+. The highest BCUT2D eigenvalue weighted by Crippen LogP contribution is 2.49. The lowest BCUT2D eigenvalue weighted by atomic mass is 9.83. The minimum atomic E-state index is -0.388. The van der Waals surface area contributed by atoms with Gasteiger partial charge in [0, 0.05) is 37.1 Å². The highest BCUT2D eigenvalue weighted by Gasteiger charge is 2.40. The molecular weight excluding hydrogens is 394 g/mol. The van der Waals surface area contributed by atoms with Crippen LogP contribution in [0.5, 0.6) is 0 Å². The van der Waals surface area contributed by atoms with Crippen LogP contribution < -0.4 is 4.90 Å². The quantitative estimate of drug-likeness (QED) is 0.417. The van der Waals surface area contributed by atoms with Gasteiger partial charge in [-0.05, 0) is 47.6 Å². The van der Waals surface area contributed by atoms with Crippen molar-refractivity contribution in [2.75, 3.05) is 19.0 Å². The van der Waals surface area contributed by atoms with Crippen molar-refractivity contribution in [2.24, 2.45) is 0 Å². The molecule has 4 rings (SSSR count). The molecule has 1 aromatic carbocycles. The lowest BCUT2D eigenvalue weighted by Crippen LogP contribution is -2.52. The molecule has 0 aromatic heterocycles. The zero-order valence-electron chi connectivity index (χ0n) is 17.4. The van der Waals surface area contributed by atoms with Crippen LogP contribution in [0.15, 0.2) is 83.8 Å². The summed E-state index contributed by atoms with van der Waals surface area (Å²) in [5.41, 5.74) is 4.81. The van der Waals surface area contributed by atoms with Gasteiger partial charge in [-0.15, -0.1) is 0 Å². The second-order valence-corrected chi connectivity index (χ2v) is 8.37. The molecule has 0 atom stereocenters. The van der Waals surface area contributed by atoms with Crippen LogP contribution in [0, 0.1) is 0 Å². The van der Waals surface area contributed by atoms with Crippen molar-refractivity contribution >= 4 is 34.8 Å². The third-order valence-corrected chi connectivity index (χ3v) is 6.31. The first-order chi connectivity index (χ1) is 14.2. The van der Waals surface area contributed by atoms with Gasteiger partial charge in [0.2, 0.25) is 0 Å². The van der Waals surface area contributed by atoms with Gasteiger partial charge >= 0.3 is 0 Å². The summed E-state index contributed by atoms with van der Waals surface area (Å²) in [5, 5.41) is 0.206. The SMILES string of the molecule is CN1C(=O)C(=C/C=C/C=C2\C=CN3C(=C2)C(C)(C)c2ccccc23)C(=O)N(C)C1=S. The third-order valence-electron chi connectivity index (χ3n) is 5.76. The number of thiocarbonyl (C=S) groups is 1. The number of anilines is 1. The number of carbonyl (C=O) groups excluding carboxylic acids is 2. The zero-order chi connectivity index (χ0) is 21.6. The van der Waals surface area contributed by atoms with E-state index in [0.29, 0.717) is 0 Å². The average Bonchev–Trinajstić information content (AvgIpc) is 2.97. The molecule has 0 radical (unpaired) electrons. The summed E-state index contributed by atoms with van der Waals surface area (Å²) in [6.07, 6.45) is 13.4. The van der Waals surface area contributed by atoms with Crippen molar-refractivity contribution in [3.63, 3.8) is 0 Å². The number of amides is 2. The van der Waals surface area contributed by atoms with Gasteiger partial charge in [-0.2, -0.15) is 0 Å². The number of likely N-dealkylation sites (N-methyl/N-ethyl adjacent to an activating group) is 2. The minimum Gasteiger partial charge on any atom is -0.320 e. The number of fused-ring (bicyclic) bond motifs is 3. The number of para-hydroxylation sites is 1. The fourth-order valence-electron chi connectivity index (χ4n) is 3.97. The summed E-state index contributed by atoms with van der Waals surface area (Å²) in [6.45, 7) is 4.46. The molecule has 3 aliphatic rings. The number of rotatable bonds is 2. The highest BCUT2D eigenvalue weighted by molar-refractivity contribution is 7.80. The molecule has 0 saturated carbocycles. The number of allylic oxidation sites excluding steroid dienone is 8. The molecule has 0 bridgehead atoms. The molecule has 152 valence electrons. The maximum atomic E-state index is 12.3. The molecule has 0 aliphatic carbocycles. The Morgan fingerprint density at radius 1 is 0.967 bits per heavy atom. The van der Waals surface area contributed by atoms with E-state index in [2.05, 4.69) is 61.4 Å². The topological polar surface area (TPSA) is 43.9 Å². The van der Waals surface area contributed by atoms with Crippen molar-refractivity contribution in [3.05, 3.63) is 89.3 Å². The second-order valence-electron chi connectivity index (χ2n) is 8.00. The Kier molecular flexibility index (Phi) is 4.82. The molecule has 0 unspecified atom stereocenters. The van der Waals surface area contributed by atoms with Gasteiger partial charge in [0.1, 0.15) is 5.57 Å². The molecule has 6 heteroatoms. The summed E-state index contributed by atoms with van der Waals surface area (Å²) < 4.78 is 0. The summed E-state index contributed by atoms with van der Waals surface area (Å²) >= 11 is 5.10. The molecule has 3 heterocycles. The Morgan fingerprint density at radius 2 is 1.60 bits per heavy atom. The molecule has 0 spiro atoms. The molecule has 0 N–H and O–H groups in total. The molecule has 5 nitrogen and oxygen atoms in total. The van der Waals surface area contributed by atoms with E-state index < -0.39 is 0 Å². The van der Waals surface area contributed by atoms with Gasteiger partial charge < -0.3 is 4.90 Å². The lowest BCUT2D eigenvalue weighted by Gasteiger charge is -2.31. The Balaban J connectivity index is 1.57. The largest absolute Gasteiger partial charge is 0.320 e. The van der Waals surface area contributed by atoms with Crippen molar-refractivity contribution in [1.82, 2.24) is 9.80 Å². The fourth-order valence-corrected chi connectivity index (χ4v) is 4.14. The van der Waals surface area contributed by atoms with E-state index in [-0.39, 0.29) is 27.9 Å². The van der Waals surface area contributed by atoms with E-state index in [1.165, 1.54) is 32.8 Å². The number of nitrogens with zero attached hydrogens (tertiary/aromatic N) is 3. The monoisotopic (exact) mass is 417 g/mol. The molecule has 1 fully saturated rings. The molecule has 30 heavy (non-hydrogen) atoms. The first kappa shape index (κ1) is 20.0. The maximum Gasteiger partial charge on any atom is 0.265 e. The van der Waals surface area contributed by atoms with Crippen molar-refractivity contribution in [2.45, 2.75) is 19.3 Å². The summed E-state index contributed by atoms with van der Waals surface area (Å²) in [6, 6.07) is 8.45. The van der Waals surface area contributed by atoms with E-state index in [1.54, 1.807) is 20.2 Å². The Hall–Kier alpha value is -3.25. The summed E-state index contributed by atoms with van der Waals surface area (Å²) in [7, 11) is 3.14. The van der Waals surface area contributed by atoms with Crippen LogP contribution in [0.2, 0.25) is 0 Å². The van der Waals surface area contributed by atoms with E-state index >= 15 is 0 Å². The number of hydrogen-bond donors (Lipinski definition) is 0. The van der Waals surface area contributed by atoms with Crippen molar-refractivity contribution < 1.29 is 9.59 Å². The number of hydrogen-bond acceptors (Lipinski definition) is 4. The summed E-state index contributed by atoms with van der Waals surface area (Å²) in [4.78, 5) is 29.5. The van der Waals surface area contributed by atoms with Gasteiger partial charge in [0.05, 0.1) is 0 Å². The van der Waals surface area contributed by atoms with Gasteiger partial charge in [-0.3, -0.25) is 19.4 Å². The Bertz CT molecular complexity index is 1100. The predicted octanol–water partition coefficient (Wildman–Crippen LogP) is 3.82. The molecule has 3 aliphatic heterocycles. The van der Waals surface area contributed by atoms with E-state index in [1.807, 2.05) is 12.2 Å². The lowest BCUT2D eigenvalue weighted by molar-refractivity contribution is -0.132. The van der Waals surface area contributed by atoms with Crippen LogP contribution in [-0.4, -0.2) is 40.8 Å². The summed E-state index contributed by atoms with van der Waals surface area (Å²) in [5.74, 6) is -0.776. The van der Waals surface area contributed by atoms with Gasteiger partial charge in [0.25, 0.3) is 11.8 Å². The van der Waals surface area contributed by atoms with Crippen LogP contribution in [-0.2, 0) is 15.0 Å². The number of carbonyl (C=O) groups is 2. The van der Waals surface area contributed by atoms with Crippen molar-refractivity contribution in [1.29, 1.82) is 0 Å². The molecular formula is C24H23N3O2S. The van der Waals surface area contributed by atoms with Crippen molar-refractivity contribution in [3.8, 4) is 0 Å². The predicted molar refractivity (Wildman–Crippen MR) is 123 cm³/mol. The third kappa shape index (κ3) is 3.04. The maximum absolute atomic E-state index is 12.3. The number of benzene rings is 1. The first-order valence-corrected chi connectivity index (χ1v) is 10.1. The first-order valence-electron chi connectivity index (χ1n) is 9.71. The zero-order valence-corrected chi connectivity index (χ0v) is 18.2. The van der Waals surface area contributed by atoms with E-state index in [9.17, 15) is 9.59 Å². The van der Waals surface area contributed by atoms with Crippen LogP contribution in [0.4, 0.5) is 5.69 Å². The normalized spacial score (nSPS) is 21.5. The van der Waals surface area contributed by atoms with E-state index in [4.69, 9.17) is 12.2 Å².